The van der Waals surface area contributed by atoms with Gasteiger partial charge in [-0.15, -0.1) is 0 Å². The van der Waals surface area contributed by atoms with Crippen molar-refractivity contribution < 1.29 is 18.3 Å². The van der Waals surface area contributed by atoms with Gasteiger partial charge in [-0.1, -0.05) is 19.1 Å². The third-order valence-electron chi connectivity index (χ3n) is 8.78. The molecule has 0 N–H and O–H groups in total. The minimum absolute atomic E-state index is 0.00378. The fourth-order valence-corrected chi connectivity index (χ4v) is 6.52. The van der Waals surface area contributed by atoms with E-state index >= 15 is 0 Å². The van der Waals surface area contributed by atoms with Gasteiger partial charge in [-0.05, 0) is 49.6 Å². The molecule has 6 rings (SSSR count). The maximum Gasteiger partial charge on any atom is 0.248 e. The highest BCUT2D eigenvalue weighted by atomic mass is 19.3. The Morgan fingerprint density at radius 3 is 2.61 bits per heavy atom. The fourth-order valence-electron chi connectivity index (χ4n) is 6.52. The molecule has 8 heteroatoms. The molecule has 2 aromatic heterocycles. The van der Waals surface area contributed by atoms with Gasteiger partial charge in [0.15, 0.2) is 0 Å². The number of nitrogens with zero attached hydrogens (tertiary/aromatic N) is 4. The molecular formula is C30H36F2N4O2. The van der Waals surface area contributed by atoms with E-state index in [1.54, 1.807) is 0 Å². The molecule has 6 nitrogen and oxygen atoms in total. The van der Waals surface area contributed by atoms with Crippen LogP contribution in [0.15, 0.2) is 24.4 Å². The minimum Gasteiger partial charge on any atom is -0.381 e. The van der Waals surface area contributed by atoms with Gasteiger partial charge in [-0.3, -0.25) is 9.78 Å². The summed E-state index contributed by atoms with van der Waals surface area (Å²) in [4.78, 5) is 24.7. The monoisotopic (exact) mass is 522 g/mol. The number of imidazole rings is 1. The van der Waals surface area contributed by atoms with E-state index in [2.05, 4.69) is 29.7 Å². The maximum absolute atomic E-state index is 14.0. The lowest BCUT2D eigenvalue weighted by molar-refractivity contribution is -0.132. The fraction of sp³-hybridized carbons (Fsp3) is 0.567. The topological polar surface area (TPSA) is 60.2 Å². The van der Waals surface area contributed by atoms with Crippen molar-refractivity contribution in [2.75, 3.05) is 19.8 Å². The third kappa shape index (κ3) is 4.61. The zero-order chi connectivity index (χ0) is 26.4. The zero-order valence-electron chi connectivity index (χ0n) is 22.3. The molecule has 1 saturated heterocycles. The van der Waals surface area contributed by atoms with E-state index in [0.29, 0.717) is 44.8 Å². The van der Waals surface area contributed by atoms with Crippen LogP contribution in [0.3, 0.4) is 0 Å². The van der Waals surface area contributed by atoms with Gasteiger partial charge >= 0.3 is 0 Å². The summed E-state index contributed by atoms with van der Waals surface area (Å²) in [5, 5.41) is 2.17. The molecule has 38 heavy (non-hydrogen) atoms. The van der Waals surface area contributed by atoms with E-state index in [0.717, 1.165) is 70.9 Å². The number of ether oxygens (including phenoxy) is 1. The number of alkyl halides is 2. The predicted molar refractivity (Wildman–Crippen MR) is 142 cm³/mol. The van der Waals surface area contributed by atoms with E-state index in [-0.39, 0.29) is 24.7 Å². The number of aromatic nitrogens is 3. The number of halogens is 2. The molecule has 0 unspecified atom stereocenters. The molecule has 3 aromatic rings. The first-order chi connectivity index (χ1) is 18.3. The first-order valence-electron chi connectivity index (χ1n) is 14.1. The Morgan fingerprint density at radius 1 is 1.11 bits per heavy atom. The summed E-state index contributed by atoms with van der Waals surface area (Å²) in [6, 6.07) is 6.49. The highest BCUT2D eigenvalue weighted by molar-refractivity contribution is 5.97. The molecule has 202 valence electrons. The Bertz CT molecular complexity index is 1350. The smallest absolute Gasteiger partial charge is 0.248 e. The van der Waals surface area contributed by atoms with E-state index in [9.17, 15) is 13.6 Å². The van der Waals surface area contributed by atoms with Crippen molar-refractivity contribution in [1.82, 2.24) is 19.4 Å². The average Bonchev–Trinajstić information content (AvgIpc) is 3.31. The Labute approximate surface area is 222 Å². The second-order valence-corrected chi connectivity index (χ2v) is 11.2. The quantitative estimate of drug-likeness (QED) is 0.401. The van der Waals surface area contributed by atoms with Crippen LogP contribution in [0.2, 0.25) is 0 Å². The van der Waals surface area contributed by atoms with Crippen LogP contribution in [0.5, 0.6) is 0 Å². The van der Waals surface area contributed by atoms with Gasteiger partial charge in [0.2, 0.25) is 11.8 Å². The molecule has 4 heterocycles. The van der Waals surface area contributed by atoms with E-state index in [1.807, 2.05) is 18.0 Å². The van der Waals surface area contributed by atoms with Crippen LogP contribution in [-0.4, -0.2) is 51.0 Å². The van der Waals surface area contributed by atoms with Crippen LogP contribution in [0.1, 0.15) is 86.5 Å². The highest BCUT2D eigenvalue weighted by Gasteiger charge is 2.38. The number of carbonyl (C=O) groups excluding carboxylic acids is 1. The Kier molecular flexibility index (Phi) is 6.70. The normalized spacial score (nSPS) is 20.6. The molecule has 0 bridgehead atoms. The molecule has 0 radical (unpaired) electrons. The molecule has 2 aliphatic heterocycles. The van der Waals surface area contributed by atoms with Gasteiger partial charge in [0.25, 0.3) is 0 Å². The van der Waals surface area contributed by atoms with Crippen molar-refractivity contribution in [3.63, 3.8) is 0 Å². The summed E-state index contributed by atoms with van der Waals surface area (Å²) in [7, 11) is 0. The number of hydrogen-bond donors (Lipinski definition) is 0. The number of benzene rings is 1. The number of fused-ring (bicyclic) bond motifs is 2. The third-order valence-corrected chi connectivity index (χ3v) is 8.78. The molecule has 3 aliphatic rings. The summed E-state index contributed by atoms with van der Waals surface area (Å²) in [5.74, 6) is -1.15. The van der Waals surface area contributed by atoms with Crippen LogP contribution in [-0.2, 0) is 22.6 Å². The van der Waals surface area contributed by atoms with Gasteiger partial charge in [0.1, 0.15) is 5.82 Å². The van der Waals surface area contributed by atoms with E-state index < -0.39 is 5.92 Å². The lowest BCUT2D eigenvalue weighted by Gasteiger charge is -2.32. The second-order valence-electron chi connectivity index (χ2n) is 11.2. The molecule has 1 saturated carbocycles. The standard InChI is InChI=1S/C30H36F2N4O2/c1-3-26(37)35-12-13-36-25(18-35)28(34-29(36)21-6-10-30(31,32)11-7-21)27-19(2)4-5-22-16-24(33-17-23(22)27)20-8-14-38-15-9-20/h4-5,16-17,20-21H,3,6-15,18H2,1-2H3. The Balaban J connectivity index is 1.46. The van der Waals surface area contributed by atoms with Crippen LogP contribution in [0.25, 0.3) is 22.0 Å². The molecule has 1 aromatic carbocycles. The predicted octanol–water partition coefficient (Wildman–Crippen LogP) is 6.35. The van der Waals surface area contributed by atoms with E-state index in [4.69, 9.17) is 14.7 Å². The van der Waals surface area contributed by atoms with Crippen molar-refractivity contribution in [3.8, 4) is 11.3 Å². The number of amides is 1. The van der Waals surface area contributed by atoms with Gasteiger partial charge in [0.05, 0.1) is 17.9 Å². The van der Waals surface area contributed by atoms with Crippen molar-refractivity contribution in [2.45, 2.75) is 89.6 Å². The number of aryl methyl sites for hydroxylation is 1. The molecule has 1 aliphatic carbocycles. The van der Waals surface area contributed by atoms with Crippen molar-refractivity contribution >= 4 is 16.7 Å². The molecule has 1 amide bonds. The molecule has 0 atom stereocenters. The minimum atomic E-state index is -2.58. The Morgan fingerprint density at radius 2 is 1.87 bits per heavy atom. The lowest BCUT2D eigenvalue weighted by atomic mass is 9.86. The van der Waals surface area contributed by atoms with Crippen LogP contribution < -0.4 is 0 Å². The summed E-state index contributed by atoms with van der Waals surface area (Å²) < 4.78 is 35.8. The summed E-state index contributed by atoms with van der Waals surface area (Å²) in [6.07, 6.45) is 5.08. The number of hydrogen-bond acceptors (Lipinski definition) is 4. The largest absolute Gasteiger partial charge is 0.381 e. The van der Waals surface area contributed by atoms with Crippen molar-refractivity contribution in [3.05, 3.63) is 47.2 Å². The van der Waals surface area contributed by atoms with Crippen LogP contribution >= 0.6 is 0 Å². The second kappa shape index (κ2) is 10.0. The Hall–Kier alpha value is -2.87. The first kappa shape index (κ1) is 25.4. The summed E-state index contributed by atoms with van der Waals surface area (Å²) in [5.41, 5.74) is 5.12. The number of rotatable bonds is 4. The first-order valence-corrected chi connectivity index (χ1v) is 14.1. The van der Waals surface area contributed by atoms with Crippen molar-refractivity contribution in [2.24, 2.45) is 0 Å². The van der Waals surface area contributed by atoms with Crippen molar-refractivity contribution in [1.29, 1.82) is 0 Å². The van der Waals surface area contributed by atoms with Gasteiger partial charge < -0.3 is 14.2 Å². The maximum atomic E-state index is 14.0. The zero-order valence-corrected chi connectivity index (χ0v) is 22.3. The van der Waals surface area contributed by atoms with Gasteiger partial charge in [-0.2, -0.15) is 0 Å². The summed E-state index contributed by atoms with van der Waals surface area (Å²) >= 11 is 0. The number of carbonyl (C=O) groups is 1. The molecule has 0 spiro atoms. The lowest BCUT2D eigenvalue weighted by Crippen LogP contribution is -2.38. The SMILES string of the molecule is CCC(=O)N1CCn2c(C3CCC(F)(F)CC3)nc(-c3c(C)ccc4cc(C5CCOCC5)ncc34)c2C1. The van der Waals surface area contributed by atoms with Crippen LogP contribution in [0, 0.1) is 6.92 Å². The average molecular weight is 523 g/mol. The van der Waals surface area contributed by atoms with Gasteiger partial charge in [-0.25, -0.2) is 13.8 Å². The van der Waals surface area contributed by atoms with Gasteiger partial charge in [0, 0.05) is 80.2 Å². The summed E-state index contributed by atoms with van der Waals surface area (Å²) in [6.45, 7) is 7.27. The van der Waals surface area contributed by atoms with Crippen LogP contribution in [0.4, 0.5) is 8.78 Å². The number of pyridine rings is 1. The molecule has 2 fully saturated rings. The highest BCUT2D eigenvalue weighted by Crippen LogP contribution is 2.44. The molecular weight excluding hydrogens is 486 g/mol. The van der Waals surface area contributed by atoms with E-state index in [1.165, 1.54) is 0 Å².